The highest BCUT2D eigenvalue weighted by Crippen LogP contribution is 2.34. The van der Waals surface area contributed by atoms with E-state index in [0.717, 1.165) is 0 Å². The number of fused-ring (bicyclic) bond motifs is 1. The second kappa shape index (κ2) is 8.56. The van der Waals surface area contributed by atoms with Gasteiger partial charge < -0.3 is 20.1 Å². The summed E-state index contributed by atoms with van der Waals surface area (Å²) in [7, 11) is -3.78. The molecule has 0 bridgehead atoms. The zero-order chi connectivity index (χ0) is 21.9. The van der Waals surface area contributed by atoms with Crippen LogP contribution in [-0.2, 0) is 19.6 Å². The molecule has 3 rings (SSSR count). The molecule has 0 saturated heterocycles. The Balaban J connectivity index is 1.76. The standard InChI is InChI=1S/C20H21N3O6S/c1-12(2)11-28-20(25)29-14-5-8-18-16(9-14)17(19(24)23-18)10-22-13-3-6-15(7-4-13)30(21,26)27/h3-10,12,22H,11H2,1-2H3,(H,23,24)(H2,21,26,27). The number of amides is 1. The van der Waals surface area contributed by atoms with Gasteiger partial charge in [0.25, 0.3) is 5.91 Å². The minimum absolute atomic E-state index is 0.0178. The lowest BCUT2D eigenvalue weighted by atomic mass is 10.1. The molecule has 30 heavy (non-hydrogen) atoms. The van der Waals surface area contributed by atoms with E-state index < -0.39 is 16.2 Å². The van der Waals surface area contributed by atoms with Gasteiger partial charge >= 0.3 is 6.16 Å². The molecule has 1 heterocycles. The second-order valence-corrected chi connectivity index (χ2v) is 8.55. The molecule has 0 aromatic heterocycles. The molecular formula is C20H21N3O6S. The molecule has 0 unspecified atom stereocenters. The first-order valence-electron chi connectivity index (χ1n) is 9.03. The Kier molecular flexibility index (Phi) is 6.09. The topological polar surface area (TPSA) is 137 Å². The quantitative estimate of drug-likeness (QED) is 0.363. The van der Waals surface area contributed by atoms with Crippen molar-refractivity contribution in [2.24, 2.45) is 11.1 Å². The zero-order valence-corrected chi connectivity index (χ0v) is 17.2. The number of hydrogen-bond acceptors (Lipinski definition) is 7. The summed E-state index contributed by atoms with van der Waals surface area (Å²) in [5.41, 5.74) is 1.99. The van der Waals surface area contributed by atoms with Gasteiger partial charge in [0.2, 0.25) is 10.0 Å². The SMILES string of the molecule is CC(C)COC(=O)Oc1ccc2c(c1)C(=CNc1ccc(S(N)(=O)=O)cc1)C(=O)N2. The van der Waals surface area contributed by atoms with Crippen LogP contribution in [0.25, 0.3) is 5.57 Å². The molecule has 0 fully saturated rings. The fourth-order valence-corrected chi connectivity index (χ4v) is 3.15. The number of hydrogen-bond donors (Lipinski definition) is 3. The fraction of sp³-hybridized carbons (Fsp3) is 0.200. The van der Waals surface area contributed by atoms with Crippen LogP contribution in [-0.4, -0.2) is 27.1 Å². The molecule has 158 valence electrons. The third kappa shape index (κ3) is 5.16. The summed E-state index contributed by atoms with van der Waals surface area (Å²) < 4.78 is 32.8. The Morgan fingerprint density at radius 2 is 1.90 bits per heavy atom. The van der Waals surface area contributed by atoms with Gasteiger partial charge in [0.15, 0.2) is 0 Å². The maximum absolute atomic E-state index is 12.3. The van der Waals surface area contributed by atoms with Crippen molar-refractivity contribution in [2.45, 2.75) is 18.7 Å². The van der Waals surface area contributed by atoms with Crippen molar-refractivity contribution in [3.63, 3.8) is 0 Å². The molecular weight excluding hydrogens is 410 g/mol. The minimum atomic E-state index is -3.78. The number of sulfonamides is 1. The highest BCUT2D eigenvalue weighted by Gasteiger charge is 2.25. The third-order valence-corrected chi connectivity index (χ3v) is 5.00. The molecule has 1 aliphatic rings. The summed E-state index contributed by atoms with van der Waals surface area (Å²) in [6, 6.07) is 10.5. The van der Waals surface area contributed by atoms with E-state index in [9.17, 15) is 18.0 Å². The first kappa shape index (κ1) is 21.3. The molecule has 1 aliphatic heterocycles. The number of primary sulfonamides is 1. The number of rotatable bonds is 6. The van der Waals surface area contributed by atoms with Crippen LogP contribution in [0.3, 0.4) is 0 Å². The lowest BCUT2D eigenvalue weighted by Crippen LogP contribution is -2.14. The lowest BCUT2D eigenvalue weighted by molar-refractivity contribution is -0.110. The summed E-state index contributed by atoms with van der Waals surface area (Å²) in [6.45, 7) is 4.06. The van der Waals surface area contributed by atoms with Crippen LogP contribution in [0.1, 0.15) is 19.4 Å². The van der Waals surface area contributed by atoms with Crippen LogP contribution in [0.2, 0.25) is 0 Å². The van der Waals surface area contributed by atoms with E-state index in [1.54, 1.807) is 18.2 Å². The summed E-state index contributed by atoms with van der Waals surface area (Å²) in [5.74, 6) is 0.0830. The number of nitrogens with one attached hydrogen (secondary N) is 2. The average molecular weight is 431 g/mol. The Morgan fingerprint density at radius 1 is 1.20 bits per heavy atom. The molecule has 0 radical (unpaired) electrons. The van der Waals surface area contributed by atoms with Crippen LogP contribution < -0.4 is 20.5 Å². The number of nitrogens with two attached hydrogens (primary N) is 1. The predicted octanol–water partition coefficient (Wildman–Crippen LogP) is 2.91. The summed E-state index contributed by atoms with van der Waals surface area (Å²) in [4.78, 5) is 24.0. The van der Waals surface area contributed by atoms with Gasteiger partial charge in [0, 0.05) is 23.1 Å². The molecule has 9 nitrogen and oxygen atoms in total. The van der Waals surface area contributed by atoms with Gasteiger partial charge in [-0.2, -0.15) is 0 Å². The van der Waals surface area contributed by atoms with Crippen molar-refractivity contribution < 1.29 is 27.5 Å². The van der Waals surface area contributed by atoms with E-state index in [2.05, 4.69) is 10.6 Å². The van der Waals surface area contributed by atoms with E-state index in [0.29, 0.717) is 22.5 Å². The Hall–Kier alpha value is -3.37. The monoisotopic (exact) mass is 431 g/mol. The van der Waals surface area contributed by atoms with Crippen LogP contribution in [0.5, 0.6) is 5.75 Å². The van der Waals surface area contributed by atoms with Gasteiger partial charge in [-0.25, -0.2) is 18.4 Å². The lowest BCUT2D eigenvalue weighted by Gasteiger charge is -2.09. The van der Waals surface area contributed by atoms with Gasteiger partial charge in [-0.15, -0.1) is 0 Å². The largest absolute Gasteiger partial charge is 0.513 e. The first-order chi connectivity index (χ1) is 14.1. The highest BCUT2D eigenvalue weighted by molar-refractivity contribution is 7.89. The predicted molar refractivity (Wildman–Crippen MR) is 111 cm³/mol. The number of carbonyl (C=O) groups excluding carboxylic acids is 2. The first-order valence-corrected chi connectivity index (χ1v) is 10.6. The highest BCUT2D eigenvalue weighted by atomic mass is 32.2. The van der Waals surface area contributed by atoms with Gasteiger partial charge in [-0.1, -0.05) is 13.8 Å². The molecule has 0 spiro atoms. The van der Waals surface area contributed by atoms with Crippen molar-refractivity contribution in [3.8, 4) is 5.75 Å². The number of benzene rings is 2. The van der Waals surface area contributed by atoms with Gasteiger partial charge in [-0.3, -0.25) is 4.79 Å². The average Bonchev–Trinajstić information content (AvgIpc) is 2.99. The summed E-state index contributed by atoms with van der Waals surface area (Å²) in [6.07, 6.45) is 0.660. The second-order valence-electron chi connectivity index (χ2n) is 6.99. The Labute approximate surface area is 173 Å². The van der Waals surface area contributed by atoms with Crippen molar-refractivity contribution in [1.82, 2.24) is 0 Å². The van der Waals surface area contributed by atoms with Gasteiger partial charge in [0.1, 0.15) is 5.75 Å². The van der Waals surface area contributed by atoms with E-state index in [-0.39, 0.29) is 29.1 Å². The smallest absolute Gasteiger partial charge is 0.434 e. The van der Waals surface area contributed by atoms with Gasteiger partial charge in [-0.05, 0) is 48.4 Å². The fourth-order valence-electron chi connectivity index (χ4n) is 2.63. The summed E-state index contributed by atoms with van der Waals surface area (Å²) >= 11 is 0. The number of anilines is 2. The minimum Gasteiger partial charge on any atom is -0.434 e. The van der Waals surface area contributed by atoms with E-state index >= 15 is 0 Å². The third-order valence-electron chi connectivity index (χ3n) is 4.08. The van der Waals surface area contributed by atoms with Crippen molar-refractivity contribution >= 4 is 39.0 Å². The summed E-state index contributed by atoms with van der Waals surface area (Å²) in [5, 5.41) is 10.7. The molecule has 1 amide bonds. The van der Waals surface area contributed by atoms with E-state index in [1.165, 1.54) is 30.5 Å². The Morgan fingerprint density at radius 3 is 2.53 bits per heavy atom. The van der Waals surface area contributed by atoms with Gasteiger partial charge in [0.05, 0.1) is 17.1 Å². The molecule has 4 N–H and O–H groups in total. The molecule has 0 aliphatic carbocycles. The number of ether oxygens (including phenoxy) is 2. The van der Waals surface area contributed by atoms with Crippen LogP contribution >= 0.6 is 0 Å². The van der Waals surface area contributed by atoms with Crippen molar-refractivity contribution in [2.75, 3.05) is 17.2 Å². The number of carbonyl (C=O) groups is 2. The molecule has 0 atom stereocenters. The van der Waals surface area contributed by atoms with Crippen LogP contribution in [0.4, 0.5) is 16.2 Å². The molecule has 2 aromatic rings. The maximum Gasteiger partial charge on any atom is 0.513 e. The van der Waals surface area contributed by atoms with E-state index in [4.69, 9.17) is 14.6 Å². The van der Waals surface area contributed by atoms with Crippen molar-refractivity contribution in [1.29, 1.82) is 0 Å². The Bertz CT molecular complexity index is 1110. The van der Waals surface area contributed by atoms with E-state index in [1.807, 2.05) is 13.8 Å². The van der Waals surface area contributed by atoms with Crippen LogP contribution in [0.15, 0.2) is 53.6 Å². The normalized spacial score (nSPS) is 14.4. The molecule has 10 heteroatoms. The zero-order valence-electron chi connectivity index (χ0n) is 16.3. The molecule has 2 aromatic carbocycles. The van der Waals surface area contributed by atoms with Crippen LogP contribution in [0, 0.1) is 5.92 Å². The maximum atomic E-state index is 12.3. The van der Waals surface area contributed by atoms with Crippen molar-refractivity contribution in [3.05, 3.63) is 54.2 Å². The molecule has 0 saturated carbocycles.